The molecular weight excluding hydrogens is 755 g/mol. The monoisotopic (exact) mass is 860 g/mol. The maximum absolute atomic E-state index is 12.4. The van der Waals surface area contributed by atoms with Gasteiger partial charge in [0.1, 0.15) is 0 Å². The molecule has 61 heavy (non-hydrogen) atoms. The molecule has 360 valence electrons. The van der Waals surface area contributed by atoms with E-state index in [-0.39, 0.29) is 18.5 Å². The van der Waals surface area contributed by atoms with Gasteiger partial charge in [-0.3, -0.25) is 9.59 Å². The smallest absolute Gasteiger partial charge is 0.305 e. The molecule has 3 N–H and O–H groups in total. The lowest BCUT2D eigenvalue weighted by molar-refractivity contribution is -0.143. The van der Waals surface area contributed by atoms with Gasteiger partial charge >= 0.3 is 5.97 Å². The van der Waals surface area contributed by atoms with Crippen LogP contribution in [0.3, 0.4) is 0 Å². The van der Waals surface area contributed by atoms with E-state index in [1.54, 1.807) is 6.08 Å². The number of carbonyl (C=O) groups excluding carboxylic acids is 2. The van der Waals surface area contributed by atoms with Crippen molar-refractivity contribution >= 4 is 11.9 Å². The molecular formula is C55H105NO5. The van der Waals surface area contributed by atoms with Gasteiger partial charge in [0, 0.05) is 12.8 Å². The predicted octanol–water partition coefficient (Wildman–Crippen LogP) is 16.3. The minimum atomic E-state index is -0.843. The Morgan fingerprint density at radius 2 is 0.770 bits per heavy atom. The summed E-state index contributed by atoms with van der Waals surface area (Å²) in [4.78, 5) is 24.4. The third-order valence-corrected chi connectivity index (χ3v) is 12.5. The second-order valence-electron chi connectivity index (χ2n) is 18.6. The summed E-state index contributed by atoms with van der Waals surface area (Å²) in [6.45, 7) is 4.86. The number of nitrogens with one attached hydrogen (secondary N) is 1. The number of aliphatic hydroxyl groups excluding tert-OH is 2. The van der Waals surface area contributed by atoms with E-state index >= 15 is 0 Å². The average Bonchev–Trinajstić information content (AvgIpc) is 3.26. The van der Waals surface area contributed by atoms with Gasteiger partial charge in [-0.2, -0.15) is 0 Å². The Morgan fingerprint density at radius 1 is 0.443 bits per heavy atom. The molecule has 0 aliphatic rings. The van der Waals surface area contributed by atoms with Crippen LogP contribution in [0.25, 0.3) is 0 Å². The highest BCUT2D eigenvalue weighted by molar-refractivity contribution is 5.76. The number of esters is 1. The predicted molar refractivity (Wildman–Crippen MR) is 264 cm³/mol. The van der Waals surface area contributed by atoms with Crippen LogP contribution in [0.15, 0.2) is 24.3 Å². The maximum atomic E-state index is 12.4. The van der Waals surface area contributed by atoms with E-state index in [2.05, 4.69) is 31.3 Å². The second kappa shape index (κ2) is 51.0. The SMILES string of the molecule is CCCCC/C=C\CCCCCCCC(=O)OCCCCCCCCCCCCCCCCCCCCCCCC(=O)NC(CO)C(O)/C=C/CCCCCCCCCCC. The van der Waals surface area contributed by atoms with Crippen LogP contribution in [0.1, 0.15) is 290 Å². The highest BCUT2D eigenvalue weighted by atomic mass is 16.5. The van der Waals surface area contributed by atoms with Crippen LogP contribution >= 0.6 is 0 Å². The Morgan fingerprint density at radius 3 is 1.20 bits per heavy atom. The van der Waals surface area contributed by atoms with Crippen molar-refractivity contribution < 1.29 is 24.5 Å². The van der Waals surface area contributed by atoms with Gasteiger partial charge in [-0.05, 0) is 57.8 Å². The first-order chi connectivity index (χ1) is 30.0. The number of amides is 1. The summed E-state index contributed by atoms with van der Waals surface area (Å²) in [6.07, 6.45) is 60.5. The molecule has 0 heterocycles. The lowest BCUT2D eigenvalue weighted by atomic mass is 10.0. The number of aliphatic hydroxyl groups is 2. The van der Waals surface area contributed by atoms with Crippen LogP contribution in [0, 0.1) is 0 Å². The van der Waals surface area contributed by atoms with Gasteiger partial charge in [-0.25, -0.2) is 0 Å². The van der Waals surface area contributed by atoms with E-state index in [0.717, 1.165) is 44.9 Å². The van der Waals surface area contributed by atoms with Crippen molar-refractivity contribution in [2.24, 2.45) is 0 Å². The molecule has 0 saturated heterocycles. The maximum Gasteiger partial charge on any atom is 0.305 e. The largest absolute Gasteiger partial charge is 0.466 e. The molecule has 2 atom stereocenters. The van der Waals surface area contributed by atoms with Crippen molar-refractivity contribution in [1.29, 1.82) is 0 Å². The molecule has 6 heteroatoms. The molecule has 0 aromatic rings. The van der Waals surface area contributed by atoms with Gasteiger partial charge in [-0.15, -0.1) is 0 Å². The van der Waals surface area contributed by atoms with Gasteiger partial charge < -0.3 is 20.3 Å². The minimum absolute atomic E-state index is 0.000932. The molecule has 0 rings (SSSR count). The van der Waals surface area contributed by atoms with E-state index in [4.69, 9.17) is 4.74 Å². The van der Waals surface area contributed by atoms with E-state index in [1.165, 1.54) is 218 Å². The Kier molecular flexibility index (Phi) is 49.6. The highest BCUT2D eigenvalue weighted by Gasteiger charge is 2.18. The molecule has 0 aromatic heterocycles. The topological polar surface area (TPSA) is 95.9 Å². The van der Waals surface area contributed by atoms with Crippen molar-refractivity contribution in [2.45, 2.75) is 302 Å². The molecule has 0 spiro atoms. The number of hydrogen-bond donors (Lipinski definition) is 3. The summed E-state index contributed by atoms with van der Waals surface area (Å²) in [5, 5.41) is 23.0. The van der Waals surface area contributed by atoms with Gasteiger partial charge in [0.2, 0.25) is 5.91 Å². The normalized spacial score (nSPS) is 12.8. The Hall–Kier alpha value is -1.66. The first-order valence-corrected chi connectivity index (χ1v) is 27.1. The average molecular weight is 860 g/mol. The molecule has 0 radical (unpaired) electrons. The van der Waals surface area contributed by atoms with E-state index in [9.17, 15) is 19.8 Å². The third kappa shape index (κ3) is 47.7. The van der Waals surface area contributed by atoms with Crippen molar-refractivity contribution in [2.75, 3.05) is 13.2 Å². The first kappa shape index (κ1) is 59.3. The minimum Gasteiger partial charge on any atom is -0.466 e. The van der Waals surface area contributed by atoms with E-state index in [0.29, 0.717) is 19.4 Å². The van der Waals surface area contributed by atoms with Crippen molar-refractivity contribution in [3.05, 3.63) is 24.3 Å². The number of unbranched alkanes of at least 4 members (excludes halogenated alkanes) is 37. The number of rotatable bonds is 50. The number of ether oxygens (including phenoxy) is 1. The molecule has 0 saturated carbocycles. The molecule has 1 amide bonds. The number of hydrogen-bond acceptors (Lipinski definition) is 5. The molecule has 0 fully saturated rings. The Bertz CT molecular complexity index is 951. The second-order valence-corrected chi connectivity index (χ2v) is 18.6. The fourth-order valence-corrected chi connectivity index (χ4v) is 8.27. The van der Waals surface area contributed by atoms with Crippen molar-refractivity contribution in [3.63, 3.8) is 0 Å². The molecule has 6 nitrogen and oxygen atoms in total. The molecule has 0 aliphatic heterocycles. The van der Waals surface area contributed by atoms with Crippen LogP contribution in [-0.2, 0) is 14.3 Å². The summed E-state index contributed by atoms with van der Waals surface area (Å²) in [7, 11) is 0. The summed E-state index contributed by atoms with van der Waals surface area (Å²) < 4.78 is 5.46. The standard InChI is InChI=1S/C55H105NO5/c1-3-5-7-9-11-13-15-29-33-37-41-45-49-55(60)61-50-46-42-38-34-30-26-24-22-20-18-16-17-19-21-23-25-28-32-36-40-44-48-54(59)56-52(51-57)53(58)47-43-39-35-31-27-14-12-10-8-6-4-2/h11,13,43,47,52-53,57-58H,3-10,12,14-42,44-46,48-51H2,1-2H3,(H,56,59)/b13-11-,47-43+. The third-order valence-electron chi connectivity index (χ3n) is 12.5. The van der Waals surface area contributed by atoms with Crippen LogP contribution in [0.2, 0.25) is 0 Å². The summed E-state index contributed by atoms with van der Waals surface area (Å²) in [6, 6.07) is -0.626. The number of carbonyl (C=O) groups is 2. The lowest BCUT2D eigenvalue weighted by Gasteiger charge is -2.20. The quantitative estimate of drug-likeness (QED) is 0.0322. The van der Waals surface area contributed by atoms with Crippen molar-refractivity contribution in [1.82, 2.24) is 5.32 Å². The zero-order valence-electron chi connectivity index (χ0n) is 40.9. The summed E-state index contributed by atoms with van der Waals surface area (Å²) >= 11 is 0. The van der Waals surface area contributed by atoms with Gasteiger partial charge in [-0.1, -0.05) is 244 Å². The zero-order chi connectivity index (χ0) is 44.4. The molecule has 0 bridgehead atoms. The molecule has 0 aliphatic carbocycles. The fraction of sp³-hybridized carbons (Fsp3) is 0.891. The van der Waals surface area contributed by atoms with Crippen molar-refractivity contribution in [3.8, 4) is 0 Å². The number of allylic oxidation sites excluding steroid dienone is 3. The zero-order valence-corrected chi connectivity index (χ0v) is 40.9. The summed E-state index contributed by atoms with van der Waals surface area (Å²) in [5.41, 5.74) is 0. The summed E-state index contributed by atoms with van der Waals surface area (Å²) in [5.74, 6) is -0.0692. The highest BCUT2D eigenvalue weighted by Crippen LogP contribution is 2.16. The lowest BCUT2D eigenvalue weighted by Crippen LogP contribution is -2.45. The van der Waals surface area contributed by atoms with Gasteiger partial charge in [0.15, 0.2) is 0 Å². The van der Waals surface area contributed by atoms with E-state index < -0.39 is 12.1 Å². The van der Waals surface area contributed by atoms with E-state index in [1.807, 2.05) is 6.08 Å². The van der Waals surface area contributed by atoms with Crippen LogP contribution < -0.4 is 5.32 Å². The fourth-order valence-electron chi connectivity index (χ4n) is 8.27. The van der Waals surface area contributed by atoms with Crippen LogP contribution in [0.5, 0.6) is 0 Å². The molecule has 0 aromatic carbocycles. The van der Waals surface area contributed by atoms with Crippen LogP contribution in [-0.4, -0.2) is 47.4 Å². The Balaban J connectivity index is 3.39. The first-order valence-electron chi connectivity index (χ1n) is 27.1. The van der Waals surface area contributed by atoms with Gasteiger partial charge in [0.05, 0.1) is 25.4 Å². The Labute approximate surface area is 380 Å². The van der Waals surface area contributed by atoms with Crippen LogP contribution in [0.4, 0.5) is 0 Å². The van der Waals surface area contributed by atoms with Gasteiger partial charge in [0.25, 0.3) is 0 Å². The molecule has 2 unspecified atom stereocenters.